The predicted molar refractivity (Wildman–Crippen MR) is 96.7 cm³/mol. The standard InChI is InChI=1S/C21H25NO2/c1-24-20-10-4-6-16(14-20)7-5-13-22-21(23)19-12-11-17-8-2-3-9-18(17)15-19/h4,6,10-12,14-15H,2-3,5,7-9,13H2,1H3,(H,22,23). The van der Waals surface area contributed by atoms with Crippen molar-refractivity contribution in [2.75, 3.05) is 13.7 Å². The Morgan fingerprint density at radius 3 is 2.75 bits per heavy atom. The summed E-state index contributed by atoms with van der Waals surface area (Å²) in [6.45, 7) is 0.688. The summed E-state index contributed by atoms with van der Waals surface area (Å²) in [4.78, 5) is 12.3. The highest BCUT2D eigenvalue weighted by atomic mass is 16.5. The van der Waals surface area contributed by atoms with Crippen molar-refractivity contribution < 1.29 is 9.53 Å². The average molecular weight is 323 g/mol. The molecule has 3 heteroatoms. The van der Waals surface area contributed by atoms with E-state index in [1.54, 1.807) is 7.11 Å². The zero-order valence-electron chi connectivity index (χ0n) is 14.3. The van der Waals surface area contributed by atoms with Gasteiger partial charge >= 0.3 is 0 Å². The first kappa shape index (κ1) is 16.6. The van der Waals surface area contributed by atoms with E-state index in [1.807, 2.05) is 24.3 Å². The second-order valence-corrected chi connectivity index (χ2v) is 6.40. The van der Waals surface area contributed by atoms with Crippen LogP contribution in [0.1, 0.15) is 46.3 Å². The summed E-state index contributed by atoms with van der Waals surface area (Å²) < 4.78 is 5.23. The molecular weight excluding hydrogens is 298 g/mol. The number of aryl methyl sites for hydroxylation is 3. The van der Waals surface area contributed by atoms with Gasteiger partial charge in [-0.2, -0.15) is 0 Å². The van der Waals surface area contributed by atoms with Crippen molar-refractivity contribution in [1.82, 2.24) is 5.32 Å². The summed E-state index contributed by atoms with van der Waals surface area (Å²) in [6, 6.07) is 14.2. The molecule has 1 aliphatic rings. The number of carbonyl (C=O) groups excluding carboxylic acids is 1. The number of nitrogens with one attached hydrogen (secondary N) is 1. The van der Waals surface area contributed by atoms with Crippen LogP contribution in [0, 0.1) is 0 Å². The van der Waals surface area contributed by atoms with E-state index in [4.69, 9.17) is 4.74 Å². The van der Waals surface area contributed by atoms with Crippen molar-refractivity contribution in [3.05, 3.63) is 64.7 Å². The van der Waals surface area contributed by atoms with E-state index in [-0.39, 0.29) is 5.91 Å². The highest BCUT2D eigenvalue weighted by molar-refractivity contribution is 5.94. The van der Waals surface area contributed by atoms with Crippen LogP contribution >= 0.6 is 0 Å². The molecule has 126 valence electrons. The zero-order valence-corrected chi connectivity index (χ0v) is 14.3. The fourth-order valence-electron chi connectivity index (χ4n) is 3.30. The molecule has 1 aliphatic carbocycles. The summed E-state index contributed by atoms with van der Waals surface area (Å²) in [5, 5.41) is 3.03. The maximum atomic E-state index is 12.3. The van der Waals surface area contributed by atoms with E-state index in [0.29, 0.717) is 6.54 Å². The van der Waals surface area contributed by atoms with E-state index in [2.05, 4.69) is 23.5 Å². The second-order valence-electron chi connectivity index (χ2n) is 6.40. The molecule has 0 aromatic heterocycles. The van der Waals surface area contributed by atoms with Gasteiger partial charge in [0, 0.05) is 12.1 Å². The van der Waals surface area contributed by atoms with Crippen LogP contribution in [0.3, 0.4) is 0 Å². The van der Waals surface area contributed by atoms with Crippen molar-refractivity contribution in [3.8, 4) is 5.75 Å². The van der Waals surface area contributed by atoms with Crippen LogP contribution in [0.2, 0.25) is 0 Å². The Morgan fingerprint density at radius 1 is 1.08 bits per heavy atom. The molecule has 24 heavy (non-hydrogen) atoms. The van der Waals surface area contributed by atoms with Gasteiger partial charge in [0.1, 0.15) is 5.75 Å². The molecule has 3 rings (SSSR count). The Bertz CT molecular complexity index is 709. The Morgan fingerprint density at radius 2 is 1.92 bits per heavy atom. The number of methoxy groups -OCH3 is 1. The quantitative estimate of drug-likeness (QED) is 0.818. The number of fused-ring (bicyclic) bond motifs is 1. The van der Waals surface area contributed by atoms with Gasteiger partial charge in [-0.15, -0.1) is 0 Å². The third kappa shape index (κ3) is 4.16. The fraction of sp³-hybridized carbons (Fsp3) is 0.381. The minimum atomic E-state index is 0.0361. The van der Waals surface area contributed by atoms with E-state index >= 15 is 0 Å². The average Bonchev–Trinajstić information content (AvgIpc) is 2.64. The van der Waals surface area contributed by atoms with Gasteiger partial charge in [0.25, 0.3) is 5.91 Å². The van der Waals surface area contributed by atoms with E-state index in [9.17, 15) is 4.79 Å². The van der Waals surface area contributed by atoms with E-state index in [1.165, 1.54) is 29.5 Å². The minimum Gasteiger partial charge on any atom is -0.497 e. The van der Waals surface area contributed by atoms with Crippen LogP contribution in [-0.2, 0) is 19.3 Å². The summed E-state index contributed by atoms with van der Waals surface area (Å²) in [7, 11) is 1.68. The third-order valence-corrected chi connectivity index (χ3v) is 4.67. The largest absolute Gasteiger partial charge is 0.497 e. The highest BCUT2D eigenvalue weighted by Gasteiger charge is 2.12. The van der Waals surface area contributed by atoms with Crippen LogP contribution < -0.4 is 10.1 Å². The van der Waals surface area contributed by atoms with Gasteiger partial charge in [-0.3, -0.25) is 4.79 Å². The van der Waals surface area contributed by atoms with Crippen LogP contribution in [0.5, 0.6) is 5.75 Å². The molecule has 0 heterocycles. The monoisotopic (exact) mass is 323 g/mol. The molecule has 0 aliphatic heterocycles. The highest BCUT2D eigenvalue weighted by Crippen LogP contribution is 2.22. The molecule has 0 saturated carbocycles. The maximum absolute atomic E-state index is 12.3. The molecule has 0 atom stereocenters. The smallest absolute Gasteiger partial charge is 0.251 e. The molecule has 0 fully saturated rings. The summed E-state index contributed by atoms with van der Waals surface area (Å²) in [5.74, 6) is 0.916. The molecule has 1 N–H and O–H groups in total. The van der Waals surface area contributed by atoms with Crippen molar-refractivity contribution in [3.63, 3.8) is 0 Å². The van der Waals surface area contributed by atoms with Crippen molar-refractivity contribution in [2.45, 2.75) is 38.5 Å². The summed E-state index contributed by atoms with van der Waals surface area (Å²) in [5.41, 5.74) is 4.79. The Balaban J connectivity index is 1.48. The lowest BCUT2D eigenvalue weighted by Crippen LogP contribution is -2.25. The van der Waals surface area contributed by atoms with Gasteiger partial charge in [0.15, 0.2) is 0 Å². The van der Waals surface area contributed by atoms with Crippen LogP contribution in [-0.4, -0.2) is 19.6 Å². The maximum Gasteiger partial charge on any atom is 0.251 e. The van der Waals surface area contributed by atoms with Crippen LogP contribution in [0.15, 0.2) is 42.5 Å². The lowest BCUT2D eigenvalue weighted by Gasteiger charge is -2.16. The van der Waals surface area contributed by atoms with Crippen molar-refractivity contribution in [1.29, 1.82) is 0 Å². The number of ether oxygens (including phenoxy) is 1. The second kappa shape index (κ2) is 8.00. The Hall–Kier alpha value is -2.29. The van der Waals surface area contributed by atoms with Crippen LogP contribution in [0.4, 0.5) is 0 Å². The first-order valence-electron chi connectivity index (χ1n) is 8.79. The minimum absolute atomic E-state index is 0.0361. The van der Waals surface area contributed by atoms with Gasteiger partial charge in [0.05, 0.1) is 7.11 Å². The van der Waals surface area contributed by atoms with E-state index < -0.39 is 0 Å². The first-order valence-corrected chi connectivity index (χ1v) is 8.79. The molecule has 0 bridgehead atoms. The number of carbonyl (C=O) groups is 1. The number of amides is 1. The predicted octanol–water partition coefficient (Wildman–Crippen LogP) is 3.94. The number of hydrogen-bond donors (Lipinski definition) is 1. The van der Waals surface area contributed by atoms with Crippen molar-refractivity contribution in [2.24, 2.45) is 0 Å². The molecule has 3 nitrogen and oxygen atoms in total. The number of rotatable bonds is 6. The molecular formula is C21H25NO2. The SMILES string of the molecule is COc1cccc(CCCNC(=O)c2ccc3c(c2)CCCC3)c1. The molecule has 0 spiro atoms. The number of benzene rings is 2. The lowest BCUT2D eigenvalue weighted by atomic mass is 9.90. The van der Waals surface area contributed by atoms with Crippen LogP contribution in [0.25, 0.3) is 0 Å². The third-order valence-electron chi connectivity index (χ3n) is 4.67. The Labute approximate surface area is 144 Å². The molecule has 1 amide bonds. The molecule has 0 saturated heterocycles. The van der Waals surface area contributed by atoms with Gasteiger partial charge in [-0.1, -0.05) is 18.2 Å². The van der Waals surface area contributed by atoms with Gasteiger partial charge in [-0.25, -0.2) is 0 Å². The summed E-state index contributed by atoms with van der Waals surface area (Å²) >= 11 is 0. The first-order chi connectivity index (χ1) is 11.8. The molecule has 0 unspecified atom stereocenters. The fourth-order valence-corrected chi connectivity index (χ4v) is 3.30. The lowest BCUT2D eigenvalue weighted by molar-refractivity contribution is 0.0953. The zero-order chi connectivity index (χ0) is 16.8. The van der Waals surface area contributed by atoms with Gasteiger partial charge in [-0.05, 0) is 79.5 Å². The van der Waals surface area contributed by atoms with Gasteiger partial charge < -0.3 is 10.1 Å². The van der Waals surface area contributed by atoms with Gasteiger partial charge in [0.2, 0.25) is 0 Å². The Kier molecular flexibility index (Phi) is 5.52. The molecule has 0 radical (unpaired) electrons. The summed E-state index contributed by atoms with van der Waals surface area (Å²) in [6.07, 6.45) is 6.61. The van der Waals surface area contributed by atoms with E-state index in [0.717, 1.165) is 37.0 Å². The number of hydrogen-bond acceptors (Lipinski definition) is 2. The molecule has 2 aromatic rings. The normalized spacial score (nSPS) is 13.2. The van der Waals surface area contributed by atoms with Crippen molar-refractivity contribution >= 4 is 5.91 Å². The molecule has 2 aromatic carbocycles. The topological polar surface area (TPSA) is 38.3 Å².